The van der Waals surface area contributed by atoms with Crippen molar-refractivity contribution in [2.45, 2.75) is 31.5 Å². The number of nitro groups is 1. The second-order valence-electron chi connectivity index (χ2n) is 6.83. The van der Waals surface area contributed by atoms with Crippen LogP contribution in [0.15, 0.2) is 48.5 Å². The summed E-state index contributed by atoms with van der Waals surface area (Å²) < 4.78 is 43.0. The molecule has 2 aromatic carbocycles. The quantitative estimate of drug-likeness (QED) is 0.326. The van der Waals surface area contributed by atoms with Gasteiger partial charge in [0, 0.05) is 23.6 Å². The number of hydrogen-bond acceptors (Lipinski definition) is 6. The van der Waals surface area contributed by atoms with Gasteiger partial charge in [0.1, 0.15) is 6.04 Å². The zero-order valence-electron chi connectivity index (χ0n) is 17.2. The Labute approximate surface area is 185 Å². The Bertz CT molecular complexity index is 1020. The van der Waals surface area contributed by atoms with Crippen molar-refractivity contribution in [1.29, 1.82) is 0 Å². The molecule has 9 nitrogen and oxygen atoms in total. The maximum absolute atomic E-state index is 12.7. The van der Waals surface area contributed by atoms with Gasteiger partial charge in [0.05, 0.1) is 23.5 Å². The number of nitrogens with one attached hydrogen (secondary N) is 1. The standard InChI is InChI=1S/C21H19F3N2O7/c1-2-33-17(27)11-16(12-5-9-15(10-6-12)26(31)32)18(20(29)30)25-19(28)13-3-7-14(8-4-13)21(22,23)24/h3-10,16,18H,2,11H2,1H3,(H,25,28)(H,29,30)/t16-,18-/m1/s1. The fourth-order valence-corrected chi connectivity index (χ4v) is 3.04. The first kappa shape index (κ1) is 25.3. The van der Waals surface area contributed by atoms with Crippen LogP contribution in [0.3, 0.4) is 0 Å². The number of hydrogen-bond donors (Lipinski definition) is 2. The zero-order chi connectivity index (χ0) is 24.8. The molecule has 2 aromatic rings. The summed E-state index contributed by atoms with van der Waals surface area (Å²) in [5.41, 5.74) is -1.28. The number of carbonyl (C=O) groups excluding carboxylic acids is 2. The van der Waals surface area contributed by atoms with Crippen LogP contribution in [0.1, 0.15) is 40.7 Å². The summed E-state index contributed by atoms with van der Waals surface area (Å²) in [6, 6.07) is 6.19. The molecular weight excluding hydrogens is 449 g/mol. The summed E-state index contributed by atoms with van der Waals surface area (Å²) in [4.78, 5) is 46.8. The van der Waals surface area contributed by atoms with Crippen molar-refractivity contribution in [1.82, 2.24) is 5.32 Å². The van der Waals surface area contributed by atoms with Crippen LogP contribution in [-0.4, -0.2) is 40.5 Å². The summed E-state index contributed by atoms with van der Waals surface area (Å²) in [5, 5.41) is 22.8. The number of amides is 1. The monoisotopic (exact) mass is 468 g/mol. The van der Waals surface area contributed by atoms with Gasteiger partial charge in [-0.25, -0.2) is 4.79 Å². The molecule has 0 aliphatic carbocycles. The highest BCUT2D eigenvalue weighted by molar-refractivity contribution is 5.97. The normalized spacial score (nSPS) is 13.0. The third-order valence-electron chi connectivity index (χ3n) is 4.65. The van der Waals surface area contributed by atoms with Crippen molar-refractivity contribution in [2.75, 3.05) is 6.61 Å². The molecule has 2 atom stereocenters. The first-order valence-corrected chi connectivity index (χ1v) is 9.55. The molecule has 0 aromatic heterocycles. The Kier molecular flexibility index (Phi) is 8.10. The fourth-order valence-electron chi connectivity index (χ4n) is 3.04. The lowest BCUT2D eigenvalue weighted by Crippen LogP contribution is -2.45. The summed E-state index contributed by atoms with van der Waals surface area (Å²) in [7, 11) is 0. The molecule has 0 radical (unpaired) electrons. The van der Waals surface area contributed by atoms with E-state index in [4.69, 9.17) is 4.74 Å². The van der Waals surface area contributed by atoms with Crippen LogP contribution < -0.4 is 5.32 Å². The molecule has 176 valence electrons. The summed E-state index contributed by atoms with van der Waals surface area (Å²) >= 11 is 0. The molecule has 12 heteroatoms. The third-order valence-corrected chi connectivity index (χ3v) is 4.65. The lowest BCUT2D eigenvalue weighted by Gasteiger charge is -2.25. The Morgan fingerprint density at radius 2 is 1.67 bits per heavy atom. The van der Waals surface area contributed by atoms with Crippen molar-refractivity contribution >= 4 is 23.5 Å². The molecule has 0 aliphatic rings. The molecule has 1 amide bonds. The number of carboxylic acid groups (broad SMARTS) is 1. The summed E-state index contributed by atoms with van der Waals surface area (Å²) in [6.45, 7) is 1.56. The smallest absolute Gasteiger partial charge is 0.416 e. The maximum atomic E-state index is 12.7. The van der Waals surface area contributed by atoms with Crippen molar-refractivity contribution in [3.05, 3.63) is 75.3 Å². The molecule has 0 bridgehead atoms. The highest BCUT2D eigenvalue weighted by atomic mass is 19.4. The maximum Gasteiger partial charge on any atom is 0.416 e. The number of carboxylic acids is 1. The summed E-state index contributed by atoms with van der Waals surface area (Å²) in [6.07, 6.45) is -5.09. The van der Waals surface area contributed by atoms with Crippen LogP contribution in [0.4, 0.5) is 18.9 Å². The van der Waals surface area contributed by atoms with E-state index in [1.54, 1.807) is 6.92 Å². The number of halogens is 3. The number of nitrogens with zero attached hydrogens (tertiary/aromatic N) is 1. The first-order valence-electron chi connectivity index (χ1n) is 9.55. The van der Waals surface area contributed by atoms with Crippen LogP contribution in [-0.2, 0) is 20.5 Å². The molecule has 0 aliphatic heterocycles. The molecule has 0 spiro atoms. The predicted molar refractivity (Wildman–Crippen MR) is 107 cm³/mol. The third kappa shape index (κ3) is 6.76. The zero-order valence-corrected chi connectivity index (χ0v) is 17.2. The molecule has 33 heavy (non-hydrogen) atoms. The largest absolute Gasteiger partial charge is 0.480 e. The van der Waals surface area contributed by atoms with E-state index in [-0.39, 0.29) is 23.4 Å². The Morgan fingerprint density at radius 3 is 2.12 bits per heavy atom. The minimum Gasteiger partial charge on any atom is -0.480 e. The molecular formula is C21H19F3N2O7. The van der Waals surface area contributed by atoms with Gasteiger partial charge in [-0.3, -0.25) is 19.7 Å². The van der Waals surface area contributed by atoms with Crippen molar-refractivity contribution in [2.24, 2.45) is 0 Å². The second kappa shape index (κ2) is 10.6. The van der Waals surface area contributed by atoms with Gasteiger partial charge in [-0.2, -0.15) is 13.2 Å². The van der Waals surface area contributed by atoms with Gasteiger partial charge in [0.2, 0.25) is 0 Å². The van der Waals surface area contributed by atoms with Crippen molar-refractivity contribution in [3.63, 3.8) is 0 Å². The summed E-state index contributed by atoms with van der Waals surface area (Å²) in [5.74, 6) is -4.45. The molecule has 0 heterocycles. The van der Waals surface area contributed by atoms with Gasteiger partial charge in [0.25, 0.3) is 11.6 Å². The van der Waals surface area contributed by atoms with E-state index in [1.807, 2.05) is 0 Å². The number of aliphatic carboxylic acids is 1. The lowest BCUT2D eigenvalue weighted by atomic mass is 9.88. The number of alkyl halides is 3. The van der Waals surface area contributed by atoms with Gasteiger partial charge < -0.3 is 15.2 Å². The van der Waals surface area contributed by atoms with E-state index >= 15 is 0 Å². The average Bonchev–Trinajstić information content (AvgIpc) is 2.75. The minimum atomic E-state index is -4.61. The van der Waals surface area contributed by atoms with Crippen LogP contribution in [0.25, 0.3) is 0 Å². The van der Waals surface area contributed by atoms with E-state index in [1.165, 1.54) is 12.1 Å². The van der Waals surface area contributed by atoms with Crippen molar-refractivity contribution < 1.29 is 42.3 Å². The van der Waals surface area contributed by atoms with E-state index in [2.05, 4.69) is 5.32 Å². The highest BCUT2D eigenvalue weighted by Crippen LogP contribution is 2.30. The van der Waals surface area contributed by atoms with Crippen molar-refractivity contribution in [3.8, 4) is 0 Å². The molecule has 2 rings (SSSR count). The van der Waals surface area contributed by atoms with Crippen LogP contribution in [0, 0.1) is 10.1 Å². The Morgan fingerprint density at radius 1 is 1.09 bits per heavy atom. The van der Waals surface area contributed by atoms with E-state index < -0.39 is 52.9 Å². The second-order valence-corrected chi connectivity index (χ2v) is 6.83. The number of non-ortho nitro benzene ring substituents is 1. The molecule has 0 unspecified atom stereocenters. The fraction of sp³-hybridized carbons (Fsp3) is 0.286. The SMILES string of the molecule is CCOC(=O)C[C@H](c1ccc([N+](=O)[O-])cc1)[C@@H](NC(=O)c1ccc(C(F)(F)F)cc1)C(=O)O. The van der Waals surface area contributed by atoms with E-state index in [0.717, 1.165) is 24.3 Å². The van der Waals surface area contributed by atoms with E-state index in [9.17, 15) is 42.8 Å². The predicted octanol–water partition coefficient (Wildman–Crippen LogP) is 3.53. The van der Waals surface area contributed by atoms with Crippen LogP contribution >= 0.6 is 0 Å². The highest BCUT2D eigenvalue weighted by Gasteiger charge is 2.34. The van der Waals surface area contributed by atoms with Gasteiger partial charge in [-0.15, -0.1) is 0 Å². The van der Waals surface area contributed by atoms with Gasteiger partial charge in [-0.05, 0) is 36.8 Å². The van der Waals surface area contributed by atoms with Gasteiger partial charge in [-0.1, -0.05) is 12.1 Å². The minimum absolute atomic E-state index is 0.0153. The molecule has 0 saturated heterocycles. The van der Waals surface area contributed by atoms with Crippen LogP contribution in [0.5, 0.6) is 0 Å². The number of rotatable bonds is 9. The number of nitro benzene ring substituents is 1. The number of carbonyl (C=O) groups is 3. The van der Waals surface area contributed by atoms with E-state index in [0.29, 0.717) is 12.1 Å². The first-order chi connectivity index (χ1) is 15.4. The molecule has 0 saturated carbocycles. The number of esters is 1. The average molecular weight is 468 g/mol. The Balaban J connectivity index is 2.35. The number of benzene rings is 2. The van der Waals surface area contributed by atoms with Gasteiger partial charge in [0.15, 0.2) is 0 Å². The topological polar surface area (TPSA) is 136 Å². The molecule has 0 fully saturated rings. The lowest BCUT2D eigenvalue weighted by molar-refractivity contribution is -0.384. The van der Waals surface area contributed by atoms with Crippen LogP contribution in [0.2, 0.25) is 0 Å². The Hall–Kier alpha value is -3.96. The number of ether oxygens (including phenoxy) is 1. The molecule has 2 N–H and O–H groups in total. The van der Waals surface area contributed by atoms with Gasteiger partial charge >= 0.3 is 18.1 Å².